The lowest BCUT2D eigenvalue weighted by atomic mass is 9.83. The Morgan fingerprint density at radius 1 is 1.14 bits per heavy atom. The van der Waals surface area contributed by atoms with Crippen LogP contribution in [0.3, 0.4) is 0 Å². The summed E-state index contributed by atoms with van der Waals surface area (Å²) in [7, 11) is 0. The number of rotatable bonds is 4. The van der Waals surface area contributed by atoms with Gasteiger partial charge in [-0.2, -0.15) is 0 Å². The lowest BCUT2D eigenvalue weighted by molar-refractivity contribution is -0.0671. The molecule has 116 valence electrons. The Balaban J connectivity index is 1.61. The van der Waals surface area contributed by atoms with Crippen molar-refractivity contribution in [2.45, 2.75) is 69.0 Å². The molecule has 2 aliphatic rings. The first-order valence-corrected chi connectivity index (χ1v) is 8.34. The van der Waals surface area contributed by atoms with Crippen molar-refractivity contribution in [2.75, 3.05) is 6.54 Å². The molecular weight excluding hydrogens is 265 g/mol. The molecule has 0 radical (unpaired) electrons. The normalized spacial score (nSPS) is 26.1. The van der Waals surface area contributed by atoms with Gasteiger partial charge in [0.25, 0.3) is 0 Å². The highest BCUT2D eigenvalue weighted by Crippen LogP contribution is 2.43. The molecule has 2 atom stereocenters. The topological polar surface area (TPSA) is 35.2 Å². The number of hydrogen-bond acceptors (Lipinski definition) is 2. The number of hydrogen-bond donors (Lipinski definition) is 1. The predicted molar refractivity (Wildman–Crippen MR) is 82.7 cm³/mol. The van der Waals surface area contributed by atoms with Crippen molar-refractivity contribution in [3.63, 3.8) is 0 Å². The zero-order chi connectivity index (χ0) is 14.7. The Labute approximate surface area is 126 Å². The highest BCUT2D eigenvalue weighted by molar-refractivity contribution is 5.21. The molecule has 3 heteroatoms. The summed E-state index contributed by atoms with van der Waals surface area (Å²) in [6.07, 6.45) is 10.1. The van der Waals surface area contributed by atoms with Gasteiger partial charge in [-0.15, -0.1) is 0 Å². The molecule has 3 rings (SSSR count). The molecule has 1 aromatic carbocycles. The van der Waals surface area contributed by atoms with E-state index in [2.05, 4.69) is 0 Å². The van der Waals surface area contributed by atoms with Gasteiger partial charge >= 0.3 is 0 Å². The van der Waals surface area contributed by atoms with Crippen molar-refractivity contribution in [2.24, 2.45) is 5.73 Å². The van der Waals surface area contributed by atoms with Crippen LogP contribution < -0.4 is 5.73 Å². The third-order valence-corrected chi connectivity index (χ3v) is 5.28. The van der Waals surface area contributed by atoms with E-state index in [1.165, 1.54) is 50.7 Å². The Bertz CT molecular complexity index is 453. The molecule has 1 heterocycles. The third kappa shape index (κ3) is 3.46. The molecule has 0 amide bonds. The molecule has 2 nitrogen and oxygen atoms in total. The molecule has 2 N–H and O–H groups in total. The van der Waals surface area contributed by atoms with Gasteiger partial charge in [0, 0.05) is 0 Å². The summed E-state index contributed by atoms with van der Waals surface area (Å²) in [6, 6.07) is 6.77. The lowest BCUT2D eigenvalue weighted by Crippen LogP contribution is -2.32. The second-order valence-electron chi connectivity index (χ2n) is 6.74. The smallest absolute Gasteiger partial charge is 0.123 e. The maximum absolute atomic E-state index is 13.0. The number of ether oxygens (including phenoxy) is 1. The fourth-order valence-electron chi connectivity index (χ4n) is 4.05. The first-order chi connectivity index (χ1) is 10.2. The summed E-state index contributed by atoms with van der Waals surface area (Å²) in [4.78, 5) is 0. The van der Waals surface area contributed by atoms with Crippen molar-refractivity contribution in [1.82, 2.24) is 0 Å². The zero-order valence-corrected chi connectivity index (χ0v) is 12.7. The van der Waals surface area contributed by atoms with E-state index in [1.807, 2.05) is 12.1 Å². The van der Waals surface area contributed by atoms with Gasteiger partial charge in [-0.3, -0.25) is 0 Å². The second-order valence-corrected chi connectivity index (χ2v) is 6.74. The van der Waals surface area contributed by atoms with Crippen molar-refractivity contribution in [3.05, 3.63) is 35.6 Å². The maximum Gasteiger partial charge on any atom is 0.123 e. The van der Waals surface area contributed by atoms with Gasteiger partial charge in [0.2, 0.25) is 0 Å². The van der Waals surface area contributed by atoms with Crippen molar-refractivity contribution in [3.8, 4) is 0 Å². The van der Waals surface area contributed by atoms with Crippen LogP contribution in [0.25, 0.3) is 0 Å². The van der Waals surface area contributed by atoms with E-state index in [0.29, 0.717) is 12.6 Å². The molecule has 2 unspecified atom stereocenters. The van der Waals surface area contributed by atoms with Crippen LogP contribution in [-0.2, 0) is 4.74 Å². The average molecular weight is 291 g/mol. The van der Waals surface area contributed by atoms with E-state index in [4.69, 9.17) is 10.5 Å². The minimum Gasteiger partial charge on any atom is -0.372 e. The van der Waals surface area contributed by atoms with Crippen LogP contribution in [0.15, 0.2) is 24.3 Å². The van der Waals surface area contributed by atoms with Crippen LogP contribution in [0.5, 0.6) is 0 Å². The minimum atomic E-state index is -0.187. The third-order valence-electron chi connectivity index (χ3n) is 5.28. The number of benzene rings is 1. The summed E-state index contributed by atoms with van der Waals surface area (Å²) in [6.45, 7) is 0.596. The minimum absolute atomic E-state index is 0.171. The summed E-state index contributed by atoms with van der Waals surface area (Å²) in [5, 5.41) is 0. The van der Waals surface area contributed by atoms with E-state index >= 15 is 0 Å². The first-order valence-electron chi connectivity index (χ1n) is 8.34. The van der Waals surface area contributed by atoms with Gasteiger partial charge in [-0.25, -0.2) is 4.39 Å². The molecule has 1 spiro atoms. The highest BCUT2D eigenvalue weighted by atomic mass is 19.1. The molecule has 1 aliphatic carbocycles. The molecule has 21 heavy (non-hydrogen) atoms. The quantitative estimate of drug-likeness (QED) is 0.905. The van der Waals surface area contributed by atoms with E-state index in [0.717, 1.165) is 18.4 Å². The van der Waals surface area contributed by atoms with Gasteiger partial charge in [-0.05, 0) is 62.3 Å². The van der Waals surface area contributed by atoms with Gasteiger partial charge in [0.15, 0.2) is 0 Å². The molecule has 2 fully saturated rings. The summed E-state index contributed by atoms with van der Waals surface area (Å²) < 4.78 is 19.5. The van der Waals surface area contributed by atoms with E-state index < -0.39 is 0 Å². The van der Waals surface area contributed by atoms with Crippen molar-refractivity contribution < 1.29 is 9.13 Å². The molecule has 0 bridgehead atoms. The summed E-state index contributed by atoms with van der Waals surface area (Å²) in [5.74, 6) is 0.0853. The Morgan fingerprint density at radius 2 is 1.86 bits per heavy atom. The fraction of sp³-hybridized carbons (Fsp3) is 0.667. The SMILES string of the molecule is NCC(CC1CCC2(CCCCC2)O1)c1ccc(F)cc1. The van der Waals surface area contributed by atoms with Crippen LogP contribution in [0.2, 0.25) is 0 Å². The first kappa shape index (κ1) is 15.0. The highest BCUT2D eigenvalue weighted by Gasteiger charge is 2.41. The molecule has 1 saturated carbocycles. The molecule has 1 saturated heterocycles. The molecule has 1 aliphatic heterocycles. The van der Waals surface area contributed by atoms with Crippen LogP contribution in [0.4, 0.5) is 4.39 Å². The summed E-state index contributed by atoms with van der Waals surface area (Å²) >= 11 is 0. The monoisotopic (exact) mass is 291 g/mol. The zero-order valence-electron chi connectivity index (χ0n) is 12.7. The summed E-state index contributed by atoms with van der Waals surface area (Å²) in [5.41, 5.74) is 7.24. The molecule has 0 aromatic heterocycles. The fourth-order valence-corrected chi connectivity index (χ4v) is 4.05. The molecule has 1 aromatic rings. The average Bonchev–Trinajstić information content (AvgIpc) is 2.89. The van der Waals surface area contributed by atoms with Crippen LogP contribution >= 0.6 is 0 Å². The Morgan fingerprint density at radius 3 is 2.52 bits per heavy atom. The Kier molecular flexibility index (Phi) is 4.60. The largest absolute Gasteiger partial charge is 0.372 e. The number of nitrogens with two attached hydrogens (primary N) is 1. The van der Waals surface area contributed by atoms with E-state index in [-0.39, 0.29) is 17.3 Å². The van der Waals surface area contributed by atoms with Gasteiger partial charge in [0.1, 0.15) is 5.82 Å². The van der Waals surface area contributed by atoms with Gasteiger partial charge < -0.3 is 10.5 Å². The van der Waals surface area contributed by atoms with E-state index in [1.54, 1.807) is 0 Å². The van der Waals surface area contributed by atoms with Crippen molar-refractivity contribution in [1.29, 1.82) is 0 Å². The second kappa shape index (κ2) is 6.45. The number of halogens is 1. The standard InChI is InChI=1S/C18H26FNO/c19-16-6-4-14(5-7-16)15(13-20)12-17-8-11-18(21-17)9-2-1-3-10-18/h4-7,15,17H,1-3,8-13,20H2. The van der Waals surface area contributed by atoms with Crippen LogP contribution in [-0.4, -0.2) is 18.2 Å². The molecular formula is C18H26FNO. The predicted octanol–water partition coefficient (Wildman–Crippen LogP) is 4.14. The Hall–Kier alpha value is -0.930. The van der Waals surface area contributed by atoms with Gasteiger partial charge in [-0.1, -0.05) is 31.4 Å². The lowest BCUT2D eigenvalue weighted by Gasteiger charge is -2.33. The van der Waals surface area contributed by atoms with Crippen LogP contribution in [0.1, 0.15) is 62.8 Å². The van der Waals surface area contributed by atoms with Crippen LogP contribution in [0, 0.1) is 5.82 Å². The van der Waals surface area contributed by atoms with Gasteiger partial charge in [0.05, 0.1) is 11.7 Å². The van der Waals surface area contributed by atoms with E-state index in [9.17, 15) is 4.39 Å². The maximum atomic E-state index is 13.0. The van der Waals surface area contributed by atoms with Crippen molar-refractivity contribution >= 4 is 0 Å².